The number of hydrogen-bond acceptors (Lipinski definition) is 5. The molecule has 0 radical (unpaired) electrons. The molecule has 2 aliphatic rings. The van der Waals surface area contributed by atoms with E-state index < -0.39 is 5.54 Å². The van der Waals surface area contributed by atoms with Crippen LogP contribution >= 0.6 is 0 Å². The van der Waals surface area contributed by atoms with Crippen LogP contribution in [0.5, 0.6) is 0 Å². The molecule has 5 rings (SSSR count). The highest BCUT2D eigenvalue weighted by molar-refractivity contribution is 6.07. The van der Waals surface area contributed by atoms with Crippen LogP contribution in [0.15, 0.2) is 48.7 Å². The minimum absolute atomic E-state index is 0.0894. The number of H-pyrrole nitrogens is 1. The number of nitrogens with one attached hydrogen (secondary N) is 1. The van der Waals surface area contributed by atoms with E-state index in [1.165, 1.54) is 21.5 Å². The Balaban J connectivity index is 1.34. The van der Waals surface area contributed by atoms with Crippen molar-refractivity contribution in [3.63, 3.8) is 0 Å². The van der Waals surface area contributed by atoms with Gasteiger partial charge >= 0.3 is 6.03 Å². The fourth-order valence-corrected chi connectivity index (χ4v) is 5.58. The number of rotatable bonds is 8. The van der Waals surface area contributed by atoms with Gasteiger partial charge in [0.2, 0.25) is 0 Å². The lowest BCUT2D eigenvalue weighted by molar-refractivity contribution is -0.136. The van der Waals surface area contributed by atoms with Crippen molar-refractivity contribution in [2.24, 2.45) is 0 Å². The molecule has 0 saturated carbocycles. The number of methoxy groups -OCH3 is 1. The van der Waals surface area contributed by atoms with Gasteiger partial charge in [0.05, 0.1) is 12.2 Å². The fourth-order valence-electron chi connectivity index (χ4n) is 5.58. The Hall–Kier alpha value is -3.23. The van der Waals surface area contributed by atoms with E-state index in [1.807, 2.05) is 29.2 Å². The predicted molar refractivity (Wildman–Crippen MR) is 134 cm³/mol. The third-order valence-corrected chi connectivity index (χ3v) is 7.49. The molecule has 2 aromatic heterocycles. The second-order valence-electron chi connectivity index (χ2n) is 9.57. The van der Waals surface area contributed by atoms with Crippen molar-refractivity contribution in [3.05, 3.63) is 65.6 Å². The molecule has 184 valence electrons. The quantitative estimate of drug-likeness (QED) is 0.397. The van der Waals surface area contributed by atoms with Gasteiger partial charge in [-0.25, -0.2) is 4.79 Å². The third kappa shape index (κ3) is 4.32. The molecule has 3 amide bonds. The zero-order chi connectivity index (χ0) is 24.4. The molecular formula is C27H33N5O3. The van der Waals surface area contributed by atoms with Gasteiger partial charge in [-0.15, -0.1) is 0 Å². The Labute approximate surface area is 205 Å². The topological polar surface area (TPSA) is 81.8 Å². The van der Waals surface area contributed by atoms with Crippen molar-refractivity contribution in [1.29, 1.82) is 0 Å². The number of piperidine rings is 1. The normalized spacial score (nSPS) is 18.3. The first-order chi connectivity index (χ1) is 17.0. The Kier molecular flexibility index (Phi) is 6.58. The number of carbonyl (C=O) groups is 2. The summed E-state index contributed by atoms with van der Waals surface area (Å²) >= 11 is 0. The number of pyridine rings is 1. The van der Waals surface area contributed by atoms with Crippen LogP contribution < -0.4 is 0 Å². The summed E-state index contributed by atoms with van der Waals surface area (Å²) in [7, 11) is 1.66. The summed E-state index contributed by atoms with van der Waals surface area (Å²) in [6, 6.07) is 13.7. The summed E-state index contributed by atoms with van der Waals surface area (Å²) in [5, 5.41) is 1.25. The van der Waals surface area contributed by atoms with Gasteiger partial charge in [-0.3, -0.25) is 19.6 Å². The van der Waals surface area contributed by atoms with Crippen LogP contribution in [0, 0.1) is 6.92 Å². The van der Waals surface area contributed by atoms with Crippen LogP contribution in [-0.2, 0) is 22.6 Å². The zero-order valence-electron chi connectivity index (χ0n) is 20.5. The maximum atomic E-state index is 13.8. The Morgan fingerprint density at radius 1 is 1.06 bits per heavy atom. The number of amides is 3. The van der Waals surface area contributed by atoms with E-state index in [0.29, 0.717) is 32.4 Å². The molecule has 2 saturated heterocycles. The molecule has 8 heteroatoms. The number of aromatic amines is 1. The van der Waals surface area contributed by atoms with Gasteiger partial charge < -0.3 is 14.6 Å². The lowest BCUT2D eigenvalue weighted by Crippen LogP contribution is -2.56. The number of likely N-dealkylation sites (tertiary alicyclic amines) is 1. The number of carbonyl (C=O) groups excluding carboxylic acids is 2. The average molecular weight is 476 g/mol. The van der Waals surface area contributed by atoms with E-state index >= 15 is 0 Å². The molecule has 0 atom stereocenters. The zero-order valence-corrected chi connectivity index (χ0v) is 20.5. The summed E-state index contributed by atoms with van der Waals surface area (Å²) in [6.07, 6.45) is 3.65. The molecule has 3 aromatic rings. The third-order valence-electron chi connectivity index (χ3n) is 7.49. The summed E-state index contributed by atoms with van der Waals surface area (Å²) in [4.78, 5) is 40.7. The van der Waals surface area contributed by atoms with Gasteiger partial charge in [0, 0.05) is 62.7 Å². The SMILES string of the molecule is COCCCN1C(=O)N(Cc2ccccn2)C(=O)C12CCN(Cc1c(C)[nH]c3ccccc13)CC2. The summed E-state index contributed by atoms with van der Waals surface area (Å²) in [5.74, 6) is -0.0894. The van der Waals surface area contributed by atoms with E-state index in [9.17, 15) is 9.59 Å². The van der Waals surface area contributed by atoms with Gasteiger partial charge in [-0.05, 0) is 49.9 Å². The molecule has 1 spiro atoms. The van der Waals surface area contributed by atoms with Gasteiger partial charge in [-0.2, -0.15) is 0 Å². The van der Waals surface area contributed by atoms with Gasteiger partial charge in [0.1, 0.15) is 5.54 Å². The monoisotopic (exact) mass is 475 g/mol. The van der Waals surface area contributed by atoms with E-state index in [-0.39, 0.29) is 18.5 Å². The molecule has 1 N–H and O–H groups in total. The van der Waals surface area contributed by atoms with Crippen molar-refractivity contribution >= 4 is 22.8 Å². The molecule has 8 nitrogen and oxygen atoms in total. The number of aromatic nitrogens is 2. The average Bonchev–Trinajstić information content (AvgIpc) is 3.29. The van der Waals surface area contributed by atoms with Gasteiger partial charge in [0.15, 0.2) is 0 Å². The van der Waals surface area contributed by atoms with Crippen molar-refractivity contribution < 1.29 is 14.3 Å². The number of hydrogen-bond donors (Lipinski definition) is 1. The summed E-state index contributed by atoms with van der Waals surface area (Å²) < 4.78 is 5.23. The van der Waals surface area contributed by atoms with Crippen molar-refractivity contribution in [1.82, 2.24) is 24.7 Å². The minimum atomic E-state index is -0.786. The summed E-state index contributed by atoms with van der Waals surface area (Å²) in [6.45, 7) is 5.74. The molecule has 0 unspecified atom stereocenters. The first kappa shape index (κ1) is 23.5. The van der Waals surface area contributed by atoms with E-state index in [1.54, 1.807) is 13.3 Å². The fraction of sp³-hybridized carbons (Fsp3) is 0.444. The number of nitrogens with zero attached hydrogens (tertiary/aromatic N) is 4. The van der Waals surface area contributed by atoms with E-state index in [4.69, 9.17) is 4.74 Å². The smallest absolute Gasteiger partial charge is 0.328 e. The standard InChI is InChI=1S/C27H33N5O3/c1-20-23(22-9-3-4-10-24(22)29-20)19-30-15-11-27(12-16-30)25(33)31(18-21-8-5-6-13-28-21)26(34)32(27)14-7-17-35-2/h3-6,8-10,13,29H,7,11-12,14-19H2,1-2H3. The van der Waals surface area contributed by atoms with E-state index in [2.05, 4.69) is 40.0 Å². The lowest BCUT2D eigenvalue weighted by atomic mass is 9.85. The van der Waals surface area contributed by atoms with Crippen LogP contribution in [0.3, 0.4) is 0 Å². The van der Waals surface area contributed by atoms with Crippen LogP contribution in [0.25, 0.3) is 10.9 Å². The van der Waals surface area contributed by atoms with Gasteiger partial charge in [0.25, 0.3) is 5.91 Å². The molecule has 0 aliphatic carbocycles. The molecule has 0 bridgehead atoms. The number of ether oxygens (including phenoxy) is 1. The molecule has 4 heterocycles. The van der Waals surface area contributed by atoms with Gasteiger partial charge in [-0.1, -0.05) is 24.3 Å². The minimum Gasteiger partial charge on any atom is -0.385 e. The maximum absolute atomic E-state index is 13.8. The van der Waals surface area contributed by atoms with Crippen LogP contribution in [0.2, 0.25) is 0 Å². The molecule has 2 aliphatic heterocycles. The number of urea groups is 1. The first-order valence-electron chi connectivity index (χ1n) is 12.3. The number of benzene rings is 1. The van der Waals surface area contributed by atoms with E-state index in [0.717, 1.165) is 30.8 Å². The van der Waals surface area contributed by atoms with Crippen molar-refractivity contribution in [2.45, 2.75) is 44.8 Å². The molecule has 2 fully saturated rings. The predicted octanol–water partition coefficient (Wildman–Crippen LogP) is 3.71. The first-order valence-corrected chi connectivity index (χ1v) is 12.3. The Morgan fingerprint density at radius 2 is 1.83 bits per heavy atom. The highest BCUT2D eigenvalue weighted by Crippen LogP contribution is 2.38. The molecule has 35 heavy (non-hydrogen) atoms. The number of fused-ring (bicyclic) bond motifs is 1. The van der Waals surface area contributed by atoms with Crippen LogP contribution in [0.1, 0.15) is 36.2 Å². The Morgan fingerprint density at radius 3 is 2.57 bits per heavy atom. The Bertz CT molecular complexity index is 1200. The van der Waals surface area contributed by atoms with Crippen LogP contribution in [-0.4, -0.2) is 75.5 Å². The molecule has 1 aromatic carbocycles. The lowest BCUT2D eigenvalue weighted by Gasteiger charge is -2.42. The molecular weight excluding hydrogens is 442 g/mol. The summed E-state index contributed by atoms with van der Waals surface area (Å²) in [5.41, 5.74) is 3.57. The number of aryl methyl sites for hydroxylation is 1. The number of para-hydroxylation sites is 1. The van der Waals surface area contributed by atoms with Crippen molar-refractivity contribution in [3.8, 4) is 0 Å². The highest BCUT2D eigenvalue weighted by Gasteiger charge is 2.57. The maximum Gasteiger partial charge on any atom is 0.328 e. The van der Waals surface area contributed by atoms with Crippen LogP contribution in [0.4, 0.5) is 4.79 Å². The highest BCUT2D eigenvalue weighted by atomic mass is 16.5. The van der Waals surface area contributed by atoms with Crippen molar-refractivity contribution in [2.75, 3.05) is 33.4 Å². The number of imide groups is 1. The second-order valence-corrected chi connectivity index (χ2v) is 9.57. The second kappa shape index (κ2) is 9.79. The largest absolute Gasteiger partial charge is 0.385 e.